The first-order chi connectivity index (χ1) is 20.8. The Morgan fingerprint density at radius 2 is 1.48 bits per heavy atom. The van der Waals surface area contributed by atoms with E-state index in [0.717, 1.165) is 12.1 Å². The fraction of sp³-hybridized carbons (Fsp3) is 0.464. The predicted octanol–water partition coefficient (Wildman–Crippen LogP) is -1.38. The van der Waals surface area contributed by atoms with E-state index in [0.29, 0.717) is 0 Å². The van der Waals surface area contributed by atoms with Gasteiger partial charge in [0.05, 0.1) is 19.8 Å². The molecule has 0 aliphatic carbocycles. The van der Waals surface area contributed by atoms with Gasteiger partial charge in [0.2, 0.25) is 17.5 Å². The van der Waals surface area contributed by atoms with E-state index in [2.05, 4.69) is 0 Å². The van der Waals surface area contributed by atoms with Crippen LogP contribution >= 0.6 is 0 Å². The Kier molecular flexibility index (Phi) is 8.90. The lowest BCUT2D eigenvalue weighted by Gasteiger charge is -2.42. The highest BCUT2D eigenvalue weighted by molar-refractivity contribution is 5.88. The SMILES string of the molecule is COc1cc(-c2oc3cc(O)cc(O)c3c(=O)c2O[C@@H]2OC(CO[C@@H]3O[C@@H](C)[C@H](O)[C@@H](O)[C@H]3O)[C@@H](O)[C@H](O)[C@H]2O)ccc1O. The summed E-state index contributed by atoms with van der Waals surface area (Å²) in [6, 6.07) is 5.83. The van der Waals surface area contributed by atoms with Gasteiger partial charge in [0.25, 0.3) is 0 Å². The maximum Gasteiger partial charge on any atom is 0.239 e. The van der Waals surface area contributed by atoms with E-state index in [4.69, 9.17) is 28.1 Å². The summed E-state index contributed by atoms with van der Waals surface area (Å²) < 4.78 is 33.2. The molecule has 3 aromatic rings. The number of aromatic hydroxyl groups is 3. The van der Waals surface area contributed by atoms with Crippen molar-refractivity contribution in [3.05, 3.63) is 40.6 Å². The van der Waals surface area contributed by atoms with Gasteiger partial charge in [-0.05, 0) is 25.1 Å². The number of rotatable bonds is 7. The Bertz CT molecular complexity index is 1560. The van der Waals surface area contributed by atoms with Gasteiger partial charge in [-0.15, -0.1) is 0 Å². The van der Waals surface area contributed by atoms with Crippen LogP contribution in [0.5, 0.6) is 28.7 Å². The van der Waals surface area contributed by atoms with Crippen LogP contribution < -0.4 is 14.9 Å². The van der Waals surface area contributed by atoms with E-state index >= 15 is 0 Å². The molecule has 0 radical (unpaired) electrons. The van der Waals surface area contributed by atoms with E-state index in [-0.39, 0.29) is 28.4 Å². The van der Waals surface area contributed by atoms with Gasteiger partial charge in [0.15, 0.2) is 23.5 Å². The maximum absolute atomic E-state index is 13.7. The Hall–Kier alpha value is -3.71. The summed E-state index contributed by atoms with van der Waals surface area (Å²) in [6.45, 7) is 0.845. The largest absolute Gasteiger partial charge is 0.508 e. The first kappa shape index (κ1) is 31.7. The Morgan fingerprint density at radius 3 is 2.18 bits per heavy atom. The molecule has 2 fully saturated rings. The number of hydrogen-bond donors (Lipinski definition) is 9. The smallest absolute Gasteiger partial charge is 0.239 e. The zero-order chi connectivity index (χ0) is 32.0. The molecule has 44 heavy (non-hydrogen) atoms. The van der Waals surface area contributed by atoms with Crippen LogP contribution in [0.1, 0.15) is 6.92 Å². The van der Waals surface area contributed by atoms with Gasteiger partial charge in [-0.3, -0.25) is 4.79 Å². The van der Waals surface area contributed by atoms with Crippen molar-refractivity contribution in [1.82, 2.24) is 0 Å². The van der Waals surface area contributed by atoms with Crippen molar-refractivity contribution < 1.29 is 74.1 Å². The van der Waals surface area contributed by atoms with Crippen LogP contribution in [0.4, 0.5) is 0 Å². The third-order valence-corrected chi connectivity index (χ3v) is 7.50. The van der Waals surface area contributed by atoms with Crippen molar-refractivity contribution in [1.29, 1.82) is 0 Å². The summed E-state index contributed by atoms with van der Waals surface area (Å²) in [7, 11) is 1.28. The van der Waals surface area contributed by atoms with Crippen molar-refractivity contribution in [3.63, 3.8) is 0 Å². The quantitative estimate of drug-likeness (QED) is 0.147. The number of aliphatic hydroxyl groups excluding tert-OH is 6. The number of fused-ring (bicyclic) bond motifs is 1. The summed E-state index contributed by atoms with van der Waals surface area (Å²) >= 11 is 0. The highest BCUT2D eigenvalue weighted by Gasteiger charge is 2.47. The molecular weight excluding hydrogens is 592 g/mol. The molecular formula is C28H32O16. The van der Waals surface area contributed by atoms with Gasteiger partial charge in [0, 0.05) is 17.7 Å². The van der Waals surface area contributed by atoms with Crippen molar-refractivity contribution in [2.75, 3.05) is 13.7 Å². The third kappa shape index (κ3) is 5.74. The first-order valence-corrected chi connectivity index (χ1v) is 13.4. The van der Waals surface area contributed by atoms with Crippen molar-refractivity contribution in [2.24, 2.45) is 0 Å². The molecule has 0 saturated carbocycles. The monoisotopic (exact) mass is 624 g/mol. The second-order valence-corrected chi connectivity index (χ2v) is 10.5. The topological polar surface area (TPSA) is 258 Å². The normalized spacial score (nSPS) is 32.5. The van der Waals surface area contributed by atoms with Crippen molar-refractivity contribution in [2.45, 2.75) is 68.3 Å². The molecule has 16 nitrogen and oxygen atoms in total. The number of methoxy groups -OCH3 is 1. The van der Waals surface area contributed by atoms with Crippen LogP contribution in [0.25, 0.3) is 22.3 Å². The summed E-state index contributed by atoms with van der Waals surface area (Å²) in [5, 5.41) is 92.1. The highest BCUT2D eigenvalue weighted by atomic mass is 16.7. The summed E-state index contributed by atoms with van der Waals surface area (Å²) in [5.41, 5.74) is -1.11. The Labute approximate surface area is 248 Å². The van der Waals surface area contributed by atoms with Gasteiger partial charge in [-0.2, -0.15) is 0 Å². The number of phenolic OH excluding ortho intramolecular Hbond substituents is 3. The molecule has 9 N–H and O–H groups in total. The van der Waals surface area contributed by atoms with E-state index < -0.39 is 96.1 Å². The molecule has 240 valence electrons. The molecule has 1 aromatic heterocycles. The third-order valence-electron chi connectivity index (χ3n) is 7.50. The lowest BCUT2D eigenvalue weighted by molar-refractivity contribution is -0.318. The second kappa shape index (κ2) is 12.4. The molecule has 16 heteroatoms. The van der Waals surface area contributed by atoms with E-state index in [1.165, 1.54) is 32.2 Å². The molecule has 2 saturated heterocycles. The predicted molar refractivity (Wildman–Crippen MR) is 145 cm³/mol. The number of ether oxygens (including phenoxy) is 5. The van der Waals surface area contributed by atoms with Gasteiger partial charge in [0.1, 0.15) is 65.2 Å². The van der Waals surface area contributed by atoms with Crippen molar-refractivity contribution in [3.8, 4) is 40.1 Å². The number of benzene rings is 2. The van der Waals surface area contributed by atoms with Gasteiger partial charge >= 0.3 is 0 Å². The maximum atomic E-state index is 13.7. The first-order valence-electron chi connectivity index (χ1n) is 13.4. The second-order valence-electron chi connectivity index (χ2n) is 10.5. The average molecular weight is 625 g/mol. The Balaban J connectivity index is 1.49. The van der Waals surface area contributed by atoms with Crippen LogP contribution in [0.15, 0.2) is 39.5 Å². The van der Waals surface area contributed by atoms with Crippen LogP contribution in [0.2, 0.25) is 0 Å². The molecule has 10 atom stereocenters. The fourth-order valence-corrected chi connectivity index (χ4v) is 4.99. The fourth-order valence-electron chi connectivity index (χ4n) is 4.99. The van der Waals surface area contributed by atoms with Gasteiger partial charge in [-0.1, -0.05) is 0 Å². The summed E-state index contributed by atoms with van der Waals surface area (Å²) in [6.07, 6.45) is -16.0. The van der Waals surface area contributed by atoms with Crippen LogP contribution in [-0.4, -0.2) is 121 Å². The highest BCUT2D eigenvalue weighted by Crippen LogP contribution is 2.39. The standard InChI is InChI=1S/C28H32O16/c1-9-18(32)21(35)23(37)27(41-9)40-8-16-19(33)22(36)24(38)28(43-16)44-26-20(34)17-13(31)6-11(29)7-15(17)42-25(26)10-3-4-12(30)14(5-10)39-2/h3-7,9,16,18-19,21-24,27-33,35-38H,8H2,1-2H3/t9-,16?,18-,19+,21+,22-,23+,24+,27+,28-/m0/s1. The van der Waals surface area contributed by atoms with E-state index in [1.807, 2.05) is 0 Å². The minimum absolute atomic E-state index is 0.0151. The van der Waals surface area contributed by atoms with Gasteiger partial charge in [-0.25, -0.2) is 0 Å². The summed E-state index contributed by atoms with van der Waals surface area (Å²) in [4.78, 5) is 13.7. The molecule has 2 aliphatic heterocycles. The molecule has 0 bridgehead atoms. The minimum atomic E-state index is -1.94. The molecule has 0 spiro atoms. The molecule has 1 unspecified atom stereocenters. The van der Waals surface area contributed by atoms with Crippen molar-refractivity contribution >= 4 is 11.0 Å². The molecule has 2 aliphatic rings. The number of aliphatic hydroxyl groups is 6. The molecule has 0 amide bonds. The zero-order valence-electron chi connectivity index (χ0n) is 23.3. The van der Waals surface area contributed by atoms with Gasteiger partial charge < -0.3 is 74.1 Å². The average Bonchev–Trinajstić information content (AvgIpc) is 2.98. The molecule has 3 heterocycles. The van der Waals surface area contributed by atoms with Crippen LogP contribution in [-0.2, 0) is 14.2 Å². The van der Waals surface area contributed by atoms with E-state index in [9.17, 15) is 50.8 Å². The molecule has 5 rings (SSSR count). The lowest BCUT2D eigenvalue weighted by atomic mass is 9.98. The number of hydrogen-bond acceptors (Lipinski definition) is 16. The van der Waals surface area contributed by atoms with Crippen LogP contribution in [0, 0.1) is 0 Å². The number of phenols is 3. The Morgan fingerprint density at radius 1 is 0.795 bits per heavy atom. The zero-order valence-corrected chi connectivity index (χ0v) is 23.3. The molecule has 2 aromatic carbocycles. The van der Waals surface area contributed by atoms with Crippen LogP contribution in [0.3, 0.4) is 0 Å². The van der Waals surface area contributed by atoms with E-state index in [1.54, 1.807) is 0 Å². The lowest BCUT2D eigenvalue weighted by Crippen LogP contribution is -2.61. The minimum Gasteiger partial charge on any atom is -0.508 e. The summed E-state index contributed by atoms with van der Waals surface area (Å²) in [5.74, 6) is -2.28.